The first-order chi connectivity index (χ1) is 9.92. The molecule has 0 unspecified atom stereocenters. The van der Waals surface area contributed by atoms with E-state index >= 15 is 0 Å². The Balaban J connectivity index is 2.22. The van der Waals surface area contributed by atoms with Crippen molar-refractivity contribution in [3.8, 4) is 0 Å². The third-order valence-corrected chi connectivity index (χ3v) is 4.95. The van der Waals surface area contributed by atoms with Gasteiger partial charge in [0.1, 0.15) is 4.90 Å². The minimum absolute atomic E-state index is 0.0553. The number of nitrogens with two attached hydrogens (primary N) is 1. The molecule has 0 fully saturated rings. The van der Waals surface area contributed by atoms with Crippen molar-refractivity contribution in [2.45, 2.75) is 24.9 Å². The summed E-state index contributed by atoms with van der Waals surface area (Å²) >= 11 is 5.98. The fraction of sp³-hybridized carbons (Fsp3) is 0.200. The van der Waals surface area contributed by atoms with E-state index in [1.165, 1.54) is 6.07 Å². The van der Waals surface area contributed by atoms with E-state index in [1.54, 1.807) is 12.1 Å². The van der Waals surface area contributed by atoms with Crippen LogP contribution in [0.2, 0.25) is 5.02 Å². The van der Waals surface area contributed by atoms with Crippen LogP contribution in [0.5, 0.6) is 0 Å². The molecule has 0 aliphatic heterocycles. The number of benzene rings is 2. The Morgan fingerprint density at radius 1 is 1.14 bits per heavy atom. The van der Waals surface area contributed by atoms with Gasteiger partial charge in [-0.1, -0.05) is 47.5 Å². The molecule has 0 saturated carbocycles. The van der Waals surface area contributed by atoms with Gasteiger partial charge in [-0.2, -0.15) is 0 Å². The van der Waals surface area contributed by atoms with Crippen LogP contribution in [-0.2, 0) is 23.1 Å². The van der Waals surface area contributed by atoms with Crippen LogP contribution in [0.15, 0.2) is 47.4 Å². The quantitative estimate of drug-likeness (QED) is 0.888. The van der Waals surface area contributed by atoms with Crippen molar-refractivity contribution in [2.75, 3.05) is 0 Å². The molecule has 0 saturated heterocycles. The summed E-state index contributed by atoms with van der Waals surface area (Å²) in [5, 5.41) is 0.184. The predicted molar refractivity (Wildman–Crippen MR) is 84.5 cm³/mol. The van der Waals surface area contributed by atoms with Crippen molar-refractivity contribution in [3.05, 3.63) is 64.2 Å². The molecule has 0 aliphatic rings. The Kier molecular flexibility index (Phi) is 5.00. The van der Waals surface area contributed by atoms with Gasteiger partial charge in [0.15, 0.2) is 0 Å². The van der Waals surface area contributed by atoms with Gasteiger partial charge in [0.25, 0.3) is 0 Å². The largest absolute Gasteiger partial charge is 0.326 e. The Morgan fingerprint density at radius 2 is 1.90 bits per heavy atom. The average molecular weight is 325 g/mol. The van der Waals surface area contributed by atoms with Crippen LogP contribution in [0.25, 0.3) is 0 Å². The van der Waals surface area contributed by atoms with Crippen LogP contribution in [0.1, 0.15) is 16.7 Å². The minimum Gasteiger partial charge on any atom is -0.326 e. The maximum atomic E-state index is 12.3. The molecule has 3 N–H and O–H groups in total. The lowest BCUT2D eigenvalue weighted by atomic mass is 10.1. The maximum Gasteiger partial charge on any atom is 0.242 e. The van der Waals surface area contributed by atoms with E-state index in [4.69, 9.17) is 17.3 Å². The Bertz CT molecular complexity index is 745. The first kappa shape index (κ1) is 16.0. The SMILES string of the molecule is Cc1cccc(CNS(=O)(=O)c2cc(CN)ccc2Cl)c1. The van der Waals surface area contributed by atoms with Gasteiger partial charge in [-0.15, -0.1) is 0 Å². The summed E-state index contributed by atoms with van der Waals surface area (Å²) in [6.45, 7) is 2.43. The molecule has 0 spiro atoms. The molecule has 2 rings (SSSR count). The van der Waals surface area contributed by atoms with Crippen molar-refractivity contribution < 1.29 is 8.42 Å². The predicted octanol–water partition coefficient (Wildman–Crippen LogP) is 2.59. The zero-order chi connectivity index (χ0) is 15.5. The molecule has 6 heteroatoms. The second-order valence-electron chi connectivity index (χ2n) is 4.78. The first-order valence-electron chi connectivity index (χ1n) is 6.46. The number of hydrogen-bond acceptors (Lipinski definition) is 3. The Hall–Kier alpha value is -1.40. The molecule has 21 heavy (non-hydrogen) atoms. The molecular weight excluding hydrogens is 308 g/mol. The normalized spacial score (nSPS) is 11.6. The lowest BCUT2D eigenvalue weighted by molar-refractivity contribution is 0.581. The van der Waals surface area contributed by atoms with Gasteiger partial charge in [0.05, 0.1) is 5.02 Å². The summed E-state index contributed by atoms with van der Waals surface area (Å²) in [6, 6.07) is 12.4. The molecule has 4 nitrogen and oxygen atoms in total. The van der Waals surface area contributed by atoms with Gasteiger partial charge in [-0.25, -0.2) is 13.1 Å². The summed E-state index contributed by atoms with van der Waals surface area (Å²) in [6.07, 6.45) is 0. The molecule has 0 radical (unpaired) electrons. The highest BCUT2D eigenvalue weighted by molar-refractivity contribution is 7.89. The smallest absolute Gasteiger partial charge is 0.242 e. The van der Waals surface area contributed by atoms with E-state index in [2.05, 4.69) is 4.72 Å². The number of halogens is 1. The Morgan fingerprint density at radius 3 is 2.57 bits per heavy atom. The van der Waals surface area contributed by atoms with Gasteiger partial charge >= 0.3 is 0 Å². The second kappa shape index (κ2) is 6.58. The monoisotopic (exact) mass is 324 g/mol. The second-order valence-corrected chi connectivity index (χ2v) is 6.93. The highest BCUT2D eigenvalue weighted by Gasteiger charge is 2.18. The van der Waals surface area contributed by atoms with E-state index < -0.39 is 10.0 Å². The summed E-state index contributed by atoms with van der Waals surface area (Å²) in [5.74, 6) is 0. The highest BCUT2D eigenvalue weighted by Crippen LogP contribution is 2.22. The number of aryl methyl sites for hydroxylation is 1. The van der Waals surface area contributed by atoms with Crippen LogP contribution in [-0.4, -0.2) is 8.42 Å². The molecule has 2 aromatic carbocycles. The molecule has 0 heterocycles. The molecule has 112 valence electrons. The average Bonchev–Trinajstić information content (AvgIpc) is 2.46. The standard InChI is InChI=1S/C15H17ClN2O2S/c1-11-3-2-4-13(7-11)10-18-21(19,20)15-8-12(9-17)5-6-14(15)16/h2-8,18H,9-10,17H2,1H3. The summed E-state index contributed by atoms with van der Waals surface area (Å²) in [7, 11) is -3.67. The molecule has 0 aromatic heterocycles. The number of sulfonamides is 1. The van der Waals surface area contributed by atoms with Crippen molar-refractivity contribution in [2.24, 2.45) is 5.73 Å². The van der Waals surface area contributed by atoms with Crippen LogP contribution in [0, 0.1) is 6.92 Å². The fourth-order valence-corrected chi connectivity index (χ4v) is 3.52. The van der Waals surface area contributed by atoms with Crippen molar-refractivity contribution >= 4 is 21.6 Å². The Labute approximate surface area is 130 Å². The fourth-order valence-electron chi connectivity index (χ4n) is 1.96. The summed E-state index contributed by atoms with van der Waals surface area (Å²) in [5.41, 5.74) is 8.23. The topological polar surface area (TPSA) is 72.2 Å². The molecule has 0 atom stereocenters. The molecule has 2 aromatic rings. The number of nitrogens with one attached hydrogen (secondary N) is 1. The van der Waals surface area contributed by atoms with E-state index in [-0.39, 0.29) is 23.0 Å². The van der Waals surface area contributed by atoms with E-state index in [0.29, 0.717) is 0 Å². The van der Waals surface area contributed by atoms with E-state index in [9.17, 15) is 8.42 Å². The van der Waals surface area contributed by atoms with Crippen molar-refractivity contribution in [1.29, 1.82) is 0 Å². The third-order valence-electron chi connectivity index (χ3n) is 3.07. The van der Waals surface area contributed by atoms with Gasteiger partial charge in [-0.3, -0.25) is 0 Å². The van der Waals surface area contributed by atoms with Gasteiger partial charge in [0.2, 0.25) is 10.0 Å². The maximum absolute atomic E-state index is 12.3. The molecule has 0 amide bonds. The van der Waals surface area contributed by atoms with Crippen LogP contribution in [0.3, 0.4) is 0 Å². The lowest BCUT2D eigenvalue weighted by Crippen LogP contribution is -2.23. The van der Waals surface area contributed by atoms with Gasteiger partial charge in [0, 0.05) is 13.1 Å². The number of rotatable bonds is 5. The first-order valence-corrected chi connectivity index (χ1v) is 8.32. The molecule has 0 bridgehead atoms. The summed E-state index contributed by atoms with van der Waals surface area (Å²) < 4.78 is 27.2. The number of hydrogen-bond donors (Lipinski definition) is 2. The highest BCUT2D eigenvalue weighted by atomic mass is 35.5. The molecule has 0 aliphatic carbocycles. The molecular formula is C15H17ClN2O2S. The van der Waals surface area contributed by atoms with Crippen molar-refractivity contribution in [3.63, 3.8) is 0 Å². The van der Waals surface area contributed by atoms with Crippen molar-refractivity contribution in [1.82, 2.24) is 4.72 Å². The zero-order valence-corrected chi connectivity index (χ0v) is 13.2. The van der Waals surface area contributed by atoms with Gasteiger partial charge in [-0.05, 0) is 30.2 Å². The third kappa shape index (κ3) is 4.04. The van der Waals surface area contributed by atoms with Crippen LogP contribution < -0.4 is 10.5 Å². The van der Waals surface area contributed by atoms with Gasteiger partial charge < -0.3 is 5.73 Å². The minimum atomic E-state index is -3.67. The zero-order valence-electron chi connectivity index (χ0n) is 11.6. The van der Waals surface area contributed by atoms with Crippen LogP contribution >= 0.6 is 11.6 Å². The van der Waals surface area contributed by atoms with Crippen LogP contribution in [0.4, 0.5) is 0 Å². The van der Waals surface area contributed by atoms with E-state index in [1.807, 2.05) is 31.2 Å². The van der Waals surface area contributed by atoms with E-state index in [0.717, 1.165) is 16.7 Å². The lowest BCUT2D eigenvalue weighted by Gasteiger charge is -2.10. The summed E-state index contributed by atoms with van der Waals surface area (Å²) in [4.78, 5) is 0.0553.